The number of piperazine rings is 1. The minimum absolute atomic E-state index is 0.360. The van der Waals surface area contributed by atoms with Gasteiger partial charge in [-0.2, -0.15) is 4.31 Å². The molecular weight excluding hydrogens is 549 g/mol. The fourth-order valence-corrected chi connectivity index (χ4v) is 9.08. The number of rotatable bonds is 6. The zero-order valence-corrected chi connectivity index (χ0v) is 24.9. The van der Waals surface area contributed by atoms with E-state index in [4.69, 9.17) is 9.97 Å². The Bertz CT molecular complexity index is 1830. The first kappa shape index (κ1) is 26.6. The standard InChI is InChI=1S/C33H34N4O2S2/c1-23-11-15-28-29(21-23)40-33-31(28)32(34-30(35-33)16-12-24-7-3-2-4-8-24)36-17-19-37(20-18-36)41(38,39)27-14-13-25-9-5-6-10-26(25)22-27/h2-10,13-14,22-23H,11-12,15-21H2,1H3. The molecule has 0 radical (unpaired) electrons. The maximum Gasteiger partial charge on any atom is 0.243 e. The van der Waals surface area contributed by atoms with Crippen molar-refractivity contribution in [2.24, 2.45) is 5.92 Å². The van der Waals surface area contributed by atoms with Crippen LogP contribution >= 0.6 is 11.3 Å². The predicted molar refractivity (Wildman–Crippen MR) is 167 cm³/mol. The molecule has 0 N–H and O–H groups in total. The van der Waals surface area contributed by atoms with Crippen molar-refractivity contribution in [2.75, 3.05) is 31.1 Å². The molecule has 6 nitrogen and oxygen atoms in total. The summed E-state index contributed by atoms with van der Waals surface area (Å²) >= 11 is 1.84. The van der Waals surface area contributed by atoms with E-state index in [0.717, 1.165) is 52.9 Å². The summed E-state index contributed by atoms with van der Waals surface area (Å²) in [5.74, 6) is 2.55. The first-order valence-electron chi connectivity index (χ1n) is 14.5. The van der Waals surface area contributed by atoms with Crippen molar-refractivity contribution in [3.63, 3.8) is 0 Å². The van der Waals surface area contributed by atoms with Crippen molar-refractivity contribution >= 4 is 48.2 Å². The number of sulfonamides is 1. The number of aromatic nitrogens is 2. The van der Waals surface area contributed by atoms with E-state index in [1.54, 1.807) is 16.4 Å². The molecule has 1 aliphatic carbocycles. The molecule has 41 heavy (non-hydrogen) atoms. The second-order valence-corrected chi connectivity index (χ2v) is 14.4. The molecule has 5 aromatic rings. The largest absolute Gasteiger partial charge is 0.353 e. The van der Waals surface area contributed by atoms with Crippen LogP contribution < -0.4 is 4.90 Å². The molecule has 0 amide bonds. The Kier molecular flexibility index (Phi) is 7.01. The van der Waals surface area contributed by atoms with Crippen LogP contribution in [0.15, 0.2) is 77.7 Å². The van der Waals surface area contributed by atoms with Crippen LogP contribution in [0.3, 0.4) is 0 Å². The molecule has 7 rings (SSSR count). The van der Waals surface area contributed by atoms with Gasteiger partial charge < -0.3 is 4.90 Å². The molecule has 3 aromatic carbocycles. The summed E-state index contributed by atoms with van der Waals surface area (Å²) in [5, 5.41) is 3.18. The van der Waals surface area contributed by atoms with Crippen LogP contribution in [-0.2, 0) is 35.7 Å². The van der Waals surface area contributed by atoms with Gasteiger partial charge >= 0.3 is 0 Å². The summed E-state index contributed by atoms with van der Waals surface area (Å²) in [7, 11) is -3.58. The van der Waals surface area contributed by atoms with Crippen LogP contribution in [0.4, 0.5) is 5.82 Å². The Balaban J connectivity index is 1.17. The van der Waals surface area contributed by atoms with Gasteiger partial charge in [-0.25, -0.2) is 18.4 Å². The number of nitrogens with zero attached hydrogens (tertiary/aromatic N) is 4. The third-order valence-corrected chi connectivity index (χ3v) is 11.6. The van der Waals surface area contributed by atoms with E-state index in [9.17, 15) is 8.42 Å². The molecule has 0 bridgehead atoms. The minimum Gasteiger partial charge on any atom is -0.353 e. The van der Waals surface area contributed by atoms with Crippen LogP contribution in [0.2, 0.25) is 0 Å². The molecule has 210 valence electrons. The van der Waals surface area contributed by atoms with Gasteiger partial charge in [-0.15, -0.1) is 11.3 Å². The second-order valence-electron chi connectivity index (χ2n) is 11.4. The quantitative estimate of drug-likeness (QED) is 0.236. The van der Waals surface area contributed by atoms with E-state index in [-0.39, 0.29) is 0 Å². The Morgan fingerprint density at radius 1 is 0.878 bits per heavy atom. The van der Waals surface area contributed by atoms with Crippen molar-refractivity contribution < 1.29 is 8.42 Å². The number of aryl methyl sites for hydroxylation is 3. The average Bonchev–Trinajstić information content (AvgIpc) is 3.37. The van der Waals surface area contributed by atoms with Crippen molar-refractivity contribution in [3.05, 3.63) is 94.6 Å². The minimum atomic E-state index is -3.58. The summed E-state index contributed by atoms with van der Waals surface area (Å²) in [5.41, 5.74) is 2.70. The lowest BCUT2D eigenvalue weighted by Crippen LogP contribution is -2.49. The summed E-state index contributed by atoms with van der Waals surface area (Å²) in [6.07, 6.45) is 5.03. The van der Waals surface area contributed by atoms with Crippen LogP contribution in [0.5, 0.6) is 0 Å². The SMILES string of the molecule is CC1CCc2c(sc3nc(CCc4ccccc4)nc(N4CCN(S(=O)(=O)c5ccc6ccccc6c5)CC4)c23)C1. The molecule has 0 saturated carbocycles. The number of thiophene rings is 1. The monoisotopic (exact) mass is 582 g/mol. The number of hydrogen-bond donors (Lipinski definition) is 0. The zero-order valence-electron chi connectivity index (χ0n) is 23.3. The third-order valence-electron chi connectivity index (χ3n) is 8.56. The number of benzene rings is 3. The topological polar surface area (TPSA) is 66.4 Å². The highest BCUT2D eigenvalue weighted by molar-refractivity contribution is 7.89. The Morgan fingerprint density at radius 3 is 2.44 bits per heavy atom. The lowest BCUT2D eigenvalue weighted by molar-refractivity contribution is 0.384. The van der Waals surface area contributed by atoms with Crippen molar-refractivity contribution in [2.45, 2.75) is 43.9 Å². The molecule has 2 aliphatic rings. The molecule has 1 fully saturated rings. The summed E-state index contributed by atoms with van der Waals surface area (Å²) in [4.78, 5) is 15.4. The maximum atomic E-state index is 13.6. The van der Waals surface area contributed by atoms with Crippen molar-refractivity contribution in [1.82, 2.24) is 14.3 Å². The average molecular weight is 583 g/mol. The molecule has 2 aromatic heterocycles. The van der Waals surface area contributed by atoms with E-state index >= 15 is 0 Å². The summed E-state index contributed by atoms with van der Waals surface area (Å²) in [6.45, 7) is 4.42. The Hall–Kier alpha value is -3.33. The number of anilines is 1. The maximum absolute atomic E-state index is 13.6. The van der Waals surface area contributed by atoms with Gasteiger partial charge in [0.25, 0.3) is 0 Å². The van der Waals surface area contributed by atoms with Gasteiger partial charge in [0.05, 0.1) is 10.3 Å². The van der Waals surface area contributed by atoms with Crippen molar-refractivity contribution in [3.8, 4) is 0 Å². The van der Waals surface area contributed by atoms with Crippen molar-refractivity contribution in [1.29, 1.82) is 0 Å². The van der Waals surface area contributed by atoms with Gasteiger partial charge in [-0.1, -0.05) is 67.6 Å². The fourth-order valence-electron chi connectivity index (χ4n) is 6.22. The summed E-state index contributed by atoms with van der Waals surface area (Å²) < 4.78 is 28.9. The molecule has 3 heterocycles. The van der Waals surface area contributed by atoms with Crippen LogP contribution in [0.1, 0.15) is 35.2 Å². The lowest BCUT2D eigenvalue weighted by atomic mass is 9.89. The highest BCUT2D eigenvalue weighted by Crippen LogP contribution is 2.41. The van der Waals surface area contributed by atoms with E-state index in [1.807, 2.05) is 47.7 Å². The Morgan fingerprint density at radius 2 is 1.63 bits per heavy atom. The summed E-state index contributed by atoms with van der Waals surface area (Å²) in [6, 6.07) is 23.8. The van der Waals surface area contributed by atoms with Gasteiger partial charge in [0.2, 0.25) is 10.0 Å². The van der Waals surface area contributed by atoms with E-state index in [2.05, 4.69) is 36.1 Å². The van der Waals surface area contributed by atoms with E-state index in [1.165, 1.54) is 27.8 Å². The van der Waals surface area contributed by atoms with Gasteiger partial charge in [0.15, 0.2) is 0 Å². The Labute approximate surface area is 245 Å². The second kappa shape index (κ2) is 10.8. The molecule has 1 aliphatic heterocycles. The molecule has 1 atom stereocenters. The highest BCUT2D eigenvalue weighted by Gasteiger charge is 2.32. The predicted octanol–water partition coefficient (Wildman–Crippen LogP) is 6.27. The van der Waals surface area contributed by atoms with Gasteiger partial charge in [0.1, 0.15) is 16.5 Å². The van der Waals surface area contributed by atoms with Crippen LogP contribution in [0, 0.1) is 5.92 Å². The van der Waals surface area contributed by atoms with Crippen LogP contribution in [0.25, 0.3) is 21.0 Å². The zero-order chi connectivity index (χ0) is 28.0. The molecule has 8 heteroatoms. The molecule has 1 saturated heterocycles. The first-order chi connectivity index (χ1) is 20.0. The van der Waals surface area contributed by atoms with Gasteiger partial charge in [-0.3, -0.25) is 0 Å². The smallest absolute Gasteiger partial charge is 0.243 e. The third kappa shape index (κ3) is 5.13. The molecular formula is C33H34N4O2S2. The first-order valence-corrected chi connectivity index (χ1v) is 16.8. The molecule has 0 spiro atoms. The van der Waals surface area contributed by atoms with Gasteiger partial charge in [-0.05, 0) is 65.6 Å². The normalized spacial score (nSPS) is 18.2. The number of hydrogen-bond acceptors (Lipinski definition) is 6. The van der Waals surface area contributed by atoms with Gasteiger partial charge in [0, 0.05) is 37.5 Å². The fraction of sp³-hybridized carbons (Fsp3) is 0.333. The molecule has 1 unspecified atom stereocenters. The number of fused-ring (bicyclic) bond motifs is 4. The van der Waals surface area contributed by atoms with E-state index in [0.29, 0.717) is 37.0 Å². The highest BCUT2D eigenvalue weighted by atomic mass is 32.2. The lowest BCUT2D eigenvalue weighted by Gasteiger charge is -2.35. The van der Waals surface area contributed by atoms with Crippen LogP contribution in [-0.4, -0.2) is 48.9 Å². The van der Waals surface area contributed by atoms with E-state index < -0.39 is 10.0 Å².